The summed E-state index contributed by atoms with van der Waals surface area (Å²) < 4.78 is 0. The van der Waals surface area contributed by atoms with Gasteiger partial charge in [-0.1, -0.05) is 23.2 Å². The van der Waals surface area contributed by atoms with Gasteiger partial charge in [0.15, 0.2) is 0 Å². The maximum Gasteiger partial charge on any atom is 0.134 e. The molecule has 0 aromatic heterocycles. The third kappa shape index (κ3) is 1.50. The van der Waals surface area contributed by atoms with E-state index in [-0.39, 0.29) is 10.8 Å². The van der Waals surface area contributed by atoms with Crippen LogP contribution in [-0.4, -0.2) is 5.11 Å². The molecule has 0 heterocycles. The average Bonchev–Trinajstić information content (AvgIpc) is 1.80. The fourth-order valence-corrected chi connectivity index (χ4v) is 0.806. The zero-order chi connectivity index (χ0) is 6.85. The van der Waals surface area contributed by atoms with Gasteiger partial charge < -0.3 is 5.11 Å². The van der Waals surface area contributed by atoms with Crippen molar-refractivity contribution in [2.75, 3.05) is 0 Å². The van der Waals surface area contributed by atoms with Crippen molar-refractivity contribution in [3.05, 3.63) is 28.2 Å². The van der Waals surface area contributed by atoms with Crippen molar-refractivity contribution in [3.63, 3.8) is 0 Å². The Morgan fingerprint density at radius 3 is 2.44 bits per heavy atom. The fourth-order valence-electron chi connectivity index (χ4n) is 0.436. The van der Waals surface area contributed by atoms with E-state index in [2.05, 4.69) is 6.07 Å². The zero-order valence-corrected chi connectivity index (χ0v) is 5.87. The lowest BCUT2D eigenvalue weighted by molar-refractivity contribution is 0.475. The molecular weight excluding hydrogens is 159 g/mol. The molecule has 0 bridgehead atoms. The highest BCUT2D eigenvalue weighted by atomic mass is 35.5. The van der Waals surface area contributed by atoms with E-state index in [0.29, 0.717) is 5.02 Å². The van der Waals surface area contributed by atoms with Crippen LogP contribution in [0.25, 0.3) is 0 Å². The lowest BCUT2D eigenvalue weighted by atomic mass is 10.3. The summed E-state index contributed by atoms with van der Waals surface area (Å²) in [5.41, 5.74) is 0. The number of halogens is 2. The van der Waals surface area contributed by atoms with Crippen molar-refractivity contribution in [2.45, 2.75) is 0 Å². The zero-order valence-electron chi connectivity index (χ0n) is 4.36. The molecule has 0 unspecified atom stereocenters. The van der Waals surface area contributed by atoms with E-state index in [1.807, 2.05) is 0 Å². The van der Waals surface area contributed by atoms with Gasteiger partial charge in [0.2, 0.25) is 0 Å². The topological polar surface area (TPSA) is 20.2 Å². The number of hydrogen-bond donors (Lipinski definition) is 1. The maximum atomic E-state index is 8.82. The van der Waals surface area contributed by atoms with E-state index in [0.717, 1.165) is 0 Å². The number of phenols is 1. The molecule has 1 nitrogen and oxygen atoms in total. The van der Waals surface area contributed by atoms with E-state index in [4.69, 9.17) is 28.3 Å². The van der Waals surface area contributed by atoms with Gasteiger partial charge in [0, 0.05) is 6.07 Å². The summed E-state index contributed by atoms with van der Waals surface area (Å²) in [6.45, 7) is 0. The number of rotatable bonds is 0. The van der Waals surface area contributed by atoms with Gasteiger partial charge in [-0.15, -0.1) is 0 Å². The Morgan fingerprint density at radius 2 is 2.00 bits per heavy atom. The molecule has 0 aliphatic rings. The van der Waals surface area contributed by atoms with Gasteiger partial charge in [-0.25, -0.2) is 0 Å². The van der Waals surface area contributed by atoms with Gasteiger partial charge in [-0.3, -0.25) is 0 Å². The molecule has 1 aromatic carbocycles. The first-order valence-electron chi connectivity index (χ1n) is 2.26. The van der Waals surface area contributed by atoms with E-state index in [1.165, 1.54) is 12.1 Å². The Kier molecular flexibility index (Phi) is 1.84. The first-order valence-corrected chi connectivity index (χ1v) is 3.02. The van der Waals surface area contributed by atoms with Gasteiger partial charge in [-0.2, -0.15) is 0 Å². The Hall–Kier alpha value is -0.400. The summed E-state index contributed by atoms with van der Waals surface area (Å²) in [7, 11) is 0. The smallest absolute Gasteiger partial charge is 0.134 e. The molecule has 3 heteroatoms. The lowest BCUT2D eigenvalue weighted by Gasteiger charge is -1.92. The largest absolute Gasteiger partial charge is 0.506 e. The van der Waals surface area contributed by atoms with Gasteiger partial charge in [0.25, 0.3) is 0 Å². The summed E-state index contributed by atoms with van der Waals surface area (Å²) in [4.78, 5) is 0. The standard InChI is InChI=1S/C6H3Cl2O/c7-4-1-2-6(9)5(8)3-4/h1-2,9H. The first kappa shape index (κ1) is 6.72. The molecule has 1 N–H and O–H groups in total. The molecule has 0 spiro atoms. The van der Waals surface area contributed by atoms with Crippen LogP contribution >= 0.6 is 23.2 Å². The molecule has 0 aliphatic heterocycles. The number of phenolic OH excluding ortho intramolecular Hbond substituents is 1. The predicted octanol–water partition coefficient (Wildman–Crippen LogP) is 2.50. The quantitative estimate of drug-likeness (QED) is 0.621. The highest BCUT2D eigenvalue weighted by molar-refractivity contribution is 6.35. The Morgan fingerprint density at radius 1 is 1.33 bits per heavy atom. The summed E-state index contributed by atoms with van der Waals surface area (Å²) >= 11 is 10.9. The van der Waals surface area contributed by atoms with Crippen LogP contribution in [0.15, 0.2) is 12.1 Å². The van der Waals surface area contributed by atoms with Gasteiger partial charge in [0.05, 0.1) is 10.0 Å². The van der Waals surface area contributed by atoms with Gasteiger partial charge >= 0.3 is 0 Å². The van der Waals surface area contributed by atoms with Crippen LogP contribution in [0.5, 0.6) is 5.75 Å². The molecule has 0 fully saturated rings. The van der Waals surface area contributed by atoms with Crippen LogP contribution in [-0.2, 0) is 0 Å². The molecule has 0 saturated heterocycles. The summed E-state index contributed by atoms with van der Waals surface area (Å²) in [6.07, 6.45) is 0. The van der Waals surface area contributed by atoms with Gasteiger partial charge in [0.1, 0.15) is 5.75 Å². The normalized spacial score (nSPS) is 9.56. The highest BCUT2D eigenvalue weighted by Gasteiger charge is 1.96. The monoisotopic (exact) mass is 161 g/mol. The third-order valence-corrected chi connectivity index (χ3v) is 1.35. The minimum Gasteiger partial charge on any atom is -0.506 e. The molecule has 0 atom stereocenters. The van der Waals surface area contributed by atoms with Crippen molar-refractivity contribution in [3.8, 4) is 5.75 Å². The van der Waals surface area contributed by atoms with E-state index < -0.39 is 0 Å². The molecule has 1 radical (unpaired) electrons. The van der Waals surface area contributed by atoms with Crippen LogP contribution in [0.2, 0.25) is 10.0 Å². The molecule has 0 amide bonds. The second-order valence-electron chi connectivity index (χ2n) is 1.51. The van der Waals surface area contributed by atoms with Crippen molar-refractivity contribution in [2.24, 2.45) is 0 Å². The first-order chi connectivity index (χ1) is 4.20. The van der Waals surface area contributed by atoms with Crippen LogP contribution in [0.4, 0.5) is 0 Å². The number of hydrogen-bond acceptors (Lipinski definition) is 1. The van der Waals surface area contributed by atoms with Crippen molar-refractivity contribution < 1.29 is 5.11 Å². The number of benzene rings is 1. The summed E-state index contributed by atoms with van der Waals surface area (Å²) in [6, 6.07) is 5.45. The molecular formula is C6H3Cl2O. The molecule has 0 aliphatic carbocycles. The SMILES string of the molecule is Oc1ccc(Cl)[c]c1Cl. The molecule has 1 aromatic rings. The minimum atomic E-state index is 0.000988. The van der Waals surface area contributed by atoms with Crippen LogP contribution in [0.3, 0.4) is 0 Å². The molecule has 9 heavy (non-hydrogen) atoms. The van der Waals surface area contributed by atoms with E-state index in [1.54, 1.807) is 0 Å². The maximum absolute atomic E-state index is 8.82. The van der Waals surface area contributed by atoms with Crippen LogP contribution < -0.4 is 0 Å². The number of aromatic hydroxyl groups is 1. The van der Waals surface area contributed by atoms with Crippen molar-refractivity contribution in [1.29, 1.82) is 0 Å². The van der Waals surface area contributed by atoms with Crippen molar-refractivity contribution >= 4 is 23.2 Å². The van der Waals surface area contributed by atoms with Crippen LogP contribution in [0.1, 0.15) is 0 Å². The van der Waals surface area contributed by atoms with Crippen molar-refractivity contribution in [1.82, 2.24) is 0 Å². The van der Waals surface area contributed by atoms with Gasteiger partial charge in [-0.05, 0) is 12.1 Å². The average molecular weight is 162 g/mol. The Labute approximate surface area is 62.8 Å². The highest BCUT2D eigenvalue weighted by Crippen LogP contribution is 2.24. The van der Waals surface area contributed by atoms with Crippen LogP contribution in [0, 0.1) is 6.07 Å². The Bertz CT molecular complexity index is 222. The molecule has 0 saturated carbocycles. The minimum absolute atomic E-state index is 0.000988. The second-order valence-corrected chi connectivity index (χ2v) is 2.29. The van der Waals surface area contributed by atoms with E-state index in [9.17, 15) is 0 Å². The fraction of sp³-hybridized carbons (Fsp3) is 0. The summed E-state index contributed by atoms with van der Waals surface area (Å²) in [5, 5.41) is 9.38. The molecule has 1 rings (SSSR count). The van der Waals surface area contributed by atoms with E-state index >= 15 is 0 Å². The molecule has 47 valence electrons. The predicted molar refractivity (Wildman–Crippen MR) is 37.0 cm³/mol. The summed E-state index contributed by atoms with van der Waals surface area (Å²) in [5.74, 6) is 0.000988. The third-order valence-electron chi connectivity index (χ3n) is 0.842. The second kappa shape index (κ2) is 2.46. The Balaban J connectivity index is 3.17. The lowest BCUT2D eigenvalue weighted by Crippen LogP contribution is -1.67.